The first kappa shape index (κ1) is 20.3. The zero-order valence-electron chi connectivity index (χ0n) is 17.1. The molecule has 0 spiro atoms. The smallest absolute Gasteiger partial charge is 0.253 e. The van der Waals surface area contributed by atoms with Gasteiger partial charge in [0.15, 0.2) is 0 Å². The van der Waals surface area contributed by atoms with Gasteiger partial charge >= 0.3 is 0 Å². The second-order valence-electron chi connectivity index (χ2n) is 8.00. The highest BCUT2D eigenvalue weighted by atomic mass is 16.5. The van der Waals surface area contributed by atoms with Crippen LogP contribution in [0.15, 0.2) is 71.6 Å². The fourth-order valence-electron chi connectivity index (χ4n) is 4.08. The summed E-state index contributed by atoms with van der Waals surface area (Å²) in [4.78, 5) is 14.3. The number of aliphatic hydroxyl groups is 1. The molecule has 156 valence electrons. The molecule has 3 atom stereocenters. The number of carbonyl (C=O) groups is 1. The van der Waals surface area contributed by atoms with Crippen LogP contribution in [0.25, 0.3) is 0 Å². The molecule has 6 heteroatoms. The van der Waals surface area contributed by atoms with E-state index in [4.69, 9.17) is 4.52 Å². The summed E-state index contributed by atoms with van der Waals surface area (Å²) in [5.74, 6) is -0.0345. The third-order valence-electron chi connectivity index (χ3n) is 5.73. The summed E-state index contributed by atoms with van der Waals surface area (Å²) in [7, 11) is 1.77. The lowest BCUT2D eigenvalue weighted by molar-refractivity contribution is 0.0785. The van der Waals surface area contributed by atoms with Crippen molar-refractivity contribution in [1.82, 2.24) is 15.4 Å². The van der Waals surface area contributed by atoms with Crippen LogP contribution in [0.2, 0.25) is 0 Å². The van der Waals surface area contributed by atoms with Gasteiger partial charge in [-0.15, -0.1) is 0 Å². The maximum absolute atomic E-state index is 12.6. The van der Waals surface area contributed by atoms with Crippen molar-refractivity contribution in [2.24, 2.45) is 0 Å². The highest BCUT2D eigenvalue weighted by Crippen LogP contribution is 2.26. The monoisotopic (exact) mass is 405 g/mol. The molecule has 0 bridgehead atoms. The number of rotatable bonds is 7. The number of nitrogens with one attached hydrogen (secondary N) is 1. The number of hydrogen-bond donors (Lipinski definition) is 2. The summed E-state index contributed by atoms with van der Waals surface area (Å²) >= 11 is 0. The Bertz CT molecular complexity index is 942. The Labute approximate surface area is 176 Å². The lowest BCUT2D eigenvalue weighted by atomic mass is 10.0. The van der Waals surface area contributed by atoms with Crippen LogP contribution < -0.4 is 5.32 Å². The molecule has 2 aromatic carbocycles. The van der Waals surface area contributed by atoms with Gasteiger partial charge in [0.25, 0.3) is 5.91 Å². The van der Waals surface area contributed by atoms with Crippen molar-refractivity contribution in [3.8, 4) is 0 Å². The van der Waals surface area contributed by atoms with Gasteiger partial charge in [-0.25, -0.2) is 0 Å². The van der Waals surface area contributed by atoms with E-state index in [0.717, 1.165) is 30.4 Å². The number of nitrogens with zero attached hydrogens (tertiary/aromatic N) is 2. The Morgan fingerprint density at radius 1 is 1.17 bits per heavy atom. The maximum atomic E-state index is 12.6. The molecule has 0 saturated carbocycles. The molecule has 0 unspecified atom stereocenters. The number of amides is 1. The SMILES string of the molecule is CN(Cc1cnoc1)C(=O)c1ccc(C[C@@H]2CC[C@H]([C@H](O)c3ccccc3)N2)cc1. The lowest BCUT2D eigenvalue weighted by Gasteiger charge is -2.20. The first-order chi connectivity index (χ1) is 14.6. The summed E-state index contributed by atoms with van der Waals surface area (Å²) in [6.45, 7) is 0.460. The minimum atomic E-state index is -0.489. The minimum absolute atomic E-state index is 0.0345. The van der Waals surface area contributed by atoms with E-state index in [2.05, 4.69) is 10.5 Å². The molecule has 1 fully saturated rings. The van der Waals surface area contributed by atoms with Crippen molar-refractivity contribution in [2.75, 3.05) is 7.05 Å². The summed E-state index contributed by atoms with van der Waals surface area (Å²) in [6, 6.07) is 18.0. The van der Waals surface area contributed by atoms with Gasteiger partial charge in [0.05, 0.1) is 18.8 Å². The van der Waals surface area contributed by atoms with Gasteiger partial charge in [-0.3, -0.25) is 4.79 Å². The topological polar surface area (TPSA) is 78.6 Å². The van der Waals surface area contributed by atoms with E-state index in [9.17, 15) is 9.90 Å². The van der Waals surface area contributed by atoms with Crippen LogP contribution >= 0.6 is 0 Å². The van der Waals surface area contributed by atoms with Crippen molar-refractivity contribution in [2.45, 2.75) is 44.0 Å². The van der Waals surface area contributed by atoms with Crippen molar-refractivity contribution in [3.63, 3.8) is 0 Å². The van der Waals surface area contributed by atoms with Crippen molar-refractivity contribution in [3.05, 3.63) is 89.3 Å². The van der Waals surface area contributed by atoms with Gasteiger partial charge in [0, 0.05) is 30.3 Å². The van der Waals surface area contributed by atoms with Gasteiger partial charge in [0.2, 0.25) is 0 Å². The largest absolute Gasteiger partial charge is 0.387 e. The Balaban J connectivity index is 1.31. The molecule has 1 aliphatic rings. The van der Waals surface area contributed by atoms with Gasteiger partial charge < -0.3 is 19.8 Å². The molecule has 30 heavy (non-hydrogen) atoms. The standard InChI is InChI=1S/C24H27N3O3/c1-27(15-18-14-25-30-16-18)24(29)20-9-7-17(8-10-20)13-21-11-12-22(26-21)23(28)19-5-3-2-4-6-19/h2-10,14,16,21-23,26,28H,11-13,15H2,1H3/t21-,22+,23+/m0/s1. The number of hydrogen-bond acceptors (Lipinski definition) is 5. The lowest BCUT2D eigenvalue weighted by Crippen LogP contribution is -2.35. The molecule has 6 nitrogen and oxygen atoms in total. The molecule has 1 amide bonds. The minimum Gasteiger partial charge on any atom is -0.387 e. The summed E-state index contributed by atoms with van der Waals surface area (Å²) < 4.78 is 4.82. The van der Waals surface area contributed by atoms with Crippen LogP contribution in [0.3, 0.4) is 0 Å². The first-order valence-electron chi connectivity index (χ1n) is 10.3. The summed E-state index contributed by atoms with van der Waals surface area (Å²) in [5.41, 5.74) is 3.66. The molecule has 4 rings (SSSR count). The molecule has 0 radical (unpaired) electrons. The number of carbonyl (C=O) groups excluding carboxylic acids is 1. The van der Waals surface area contributed by atoms with Crippen LogP contribution in [-0.4, -0.2) is 40.2 Å². The fourth-order valence-corrected chi connectivity index (χ4v) is 4.08. The Hall–Kier alpha value is -2.96. The highest BCUT2D eigenvalue weighted by Gasteiger charge is 2.29. The van der Waals surface area contributed by atoms with E-state index in [0.29, 0.717) is 18.2 Å². The zero-order valence-corrected chi connectivity index (χ0v) is 17.1. The third kappa shape index (κ3) is 4.78. The average molecular weight is 405 g/mol. The van der Waals surface area contributed by atoms with Gasteiger partial charge in [-0.05, 0) is 42.5 Å². The molecule has 2 heterocycles. The van der Waals surface area contributed by atoms with Crippen LogP contribution in [0.5, 0.6) is 0 Å². The van der Waals surface area contributed by atoms with E-state index in [1.807, 2.05) is 54.6 Å². The quantitative estimate of drug-likeness (QED) is 0.630. The molecule has 1 saturated heterocycles. The fraction of sp³-hybridized carbons (Fsp3) is 0.333. The van der Waals surface area contributed by atoms with Crippen LogP contribution in [-0.2, 0) is 13.0 Å². The van der Waals surface area contributed by atoms with Crippen LogP contribution in [0.4, 0.5) is 0 Å². The van der Waals surface area contributed by atoms with E-state index in [1.54, 1.807) is 24.4 Å². The van der Waals surface area contributed by atoms with E-state index in [-0.39, 0.29) is 11.9 Å². The second-order valence-corrected chi connectivity index (χ2v) is 8.00. The van der Waals surface area contributed by atoms with Crippen LogP contribution in [0, 0.1) is 0 Å². The molecule has 1 aliphatic heterocycles. The molecular weight excluding hydrogens is 378 g/mol. The molecule has 2 N–H and O–H groups in total. The first-order valence-corrected chi connectivity index (χ1v) is 10.3. The normalized spacial score (nSPS) is 19.5. The molecular formula is C24H27N3O3. The number of aromatic nitrogens is 1. The van der Waals surface area contributed by atoms with E-state index in [1.165, 1.54) is 5.56 Å². The second kappa shape index (κ2) is 9.24. The van der Waals surface area contributed by atoms with Gasteiger partial charge in [-0.2, -0.15) is 0 Å². The Kier molecular flexibility index (Phi) is 6.26. The summed E-state index contributed by atoms with van der Waals surface area (Å²) in [6.07, 6.45) is 5.52. The molecule has 0 aliphatic carbocycles. The average Bonchev–Trinajstić information content (AvgIpc) is 3.46. The maximum Gasteiger partial charge on any atom is 0.253 e. The Morgan fingerprint density at radius 2 is 1.93 bits per heavy atom. The summed E-state index contributed by atoms with van der Waals surface area (Å²) in [5, 5.41) is 17.9. The van der Waals surface area contributed by atoms with Crippen LogP contribution in [0.1, 0.15) is 46.0 Å². The number of aliphatic hydroxyl groups excluding tert-OH is 1. The number of benzene rings is 2. The Morgan fingerprint density at radius 3 is 2.63 bits per heavy atom. The third-order valence-corrected chi connectivity index (χ3v) is 5.73. The predicted octanol–water partition coefficient (Wildman–Crippen LogP) is 3.34. The highest BCUT2D eigenvalue weighted by molar-refractivity contribution is 5.94. The molecule has 1 aromatic heterocycles. The van der Waals surface area contributed by atoms with Crippen molar-refractivity contribution < 1.29 is 14.4 Å². The predicted molar refractivity (Wildman–Crippen MR) is 114 cm³/mol. The van der Waals surface area contributed by atoms with Gasteiger partial charge in [-0.1, -0.05) is 47.6 Å². The zero-order chi connectivity index (χ0) is 20.9. The van der Waals surface area contributed by atoms with Gasteiger partial charge in [0.1, 0.15) is 6.26 Å². The van der Waals surface area contributed by atoms with E-state index < -0.39 is 6.10 Å². The van der Waals surface area contributed by atoms with Crippen molar-refractivity contribution >= 4 is 5.91 Å². The van der Waals surface area contributed by atoms with E-state index >= 15 is 0 Å². The molecule has 3 aromatic rings. The van der Waals surface area contributed by atoms with Crippen molar-refractivity contribution in [1.29, 1.82) is 0 Å².